The summed E-state index contributed by atoms with van der Waals surface area (Å²) in [4.78, 5) is 33.4. The minimum absolute atomic E-state index is 0.185. The summed E-state index contributed by atoms with van der Waals surface area (Å²) < 4.78 is 9.51. The van der Waals surface area contributed by atoms with Crippen LogP contribution in [0.1, 0.15) is 26.3 Å². The molecule has 0 saturated heterocycles. The molecule has 0 bridgehead atoms. The summed E-state index contributed by atoms with van der Waals surface area (Å²) in [5, 5.41) is 3.62. The Labute approximate surface area is 177 Å². The van der Waals surface area contributed by atoms with Crippen LogP contribution in [0.5, 0.6) is 0 Å². The number of esters is 2. The third-order valence-corrected chi connectivity index (χ3v) is 5.15. The van der Waals surface area contributed by atoms with Crippen LogP contribution in [0, 0.1) is 6.92 Å². The highest BCUT2D eigenvalue weighted by Crippen LogP contribution is 2.34. The fourth-order valence-corrected chi connectivity index (χ4v) is 3.39. The smallest absolute Gasteiger partial charge is 0.337 e. The topological polar surface area (TPSA) is 116 Å². The number of nitrogens with two attached hydrogens (primary N) is 1. The lowest BCUT2D eigenvalue weighted by Crippen LogP contribution is -2.09. The van der Waals surface area contributed by atoms with Gasteiger partial charge in [-0.15, -0.1) is 0 Å². The molecule has 0 aliphatic heterocycles. The van der Waals surface area contributed by atoms with Crippen molar-refractivity contribution in [3.8, 4) is 0 Å². The Hall–Kier alpha value is -3.59. The predicted molar refractivity (Wildman–Crippen MR) is 114 cm³/mol. The van der Waals surface area contributed by atoms with E-state index in [1.165, 1.54) is 50.5 Å². The molecule has 3 rings (SSSR count). The second-order valence-electron chi connectivity index (χ2n) is 6.26. The van der Waals surface area contributed by atoms with Crippen molar-refractivity contribution in [3.63, 3.8) is 0 Å². The van der Waals surface area contributed by atoms with Crippen molar-refractivity contribution in [1.29, 1.82) is 0 Å². The molecule has 0 unspecified atom stereocenters. The Bertz CT molecular complexity index is 1050. The Morgan fingerprint density at radius 2 is 1.57 bits per heavy atom. The van der Waals surface area contributed by atoms with Gasteiger partial charge in [0.05, 0.1) is 25.3 Å². The van der Waals surface area contributed by atoms with Crippen molar-refractivity contribution in [2.45, 2.75) is 16.8 Å². The lowest BCUT2D eigenvalue weighted by molar-refractivity contribution is 0.0599. The number of ether oxygens (including phenoxy) is 2. The number of anilines is 3. The number of hydrogen-bond acceptors (Lipinski definition) is 9. The average Bonchev–Trinajstić information content (AvgIpc) is 2.76. The van der Waals surface area contributed by atoms with Crippen LogP contribution in [-0.4, -0.2) is 36.1 Å². The average molecular weight is 424 g/mol. The fourth-order valence-electron chi connectivity index (χ4n) is 2.59. The second kappa shape index (κ2) is 9.27. The lowest BCUT2D eigenvalue weighted by atomic mass is 10.1. The van der Waals surface area contributed by atoms with Gasteiger partial charge in [-0.2, -0.15) is 0 Å². The van der Waals surface area contributed by atoms with E-state index in [0.717, 1.165) is 10.5 Å². The summed E-state index contributed by atoms with van der Waals surface area (Å²) in [6.45, 7) is 2.01. The van der Waals surface area contributed by atoms with E-state index in [0.29, 0.717) is 22.2 Å². The van der Waals surface area contributed by atoms with Gasteiger partial charge in [-0.25, -0.2) is 19.6 Å². The van der Waals surface area contributed by atoms with Crippen molar-refractivity contribution in [2.24, 2.45) is 0 Å². The standard InChI is InChI=1S/C21H20N4O4S/c1-12-4-6-16(7-5-12)30-19-17(22)18(23-11-24-19)25-15-9-13(20(26)28-2)8-14(10-15)21(27)29-3/h4-11H,22H2,1-3H3,(H,23,24,25). The summed E-state index contributed by atoms with van der Waals surface area (Å²) in [7, 11) is 2.52. The molecule has 0 amide bonds. The molecule has 0 radical (unpaired) electrons. The number of aryl methyl sites for hydroxylation is 1. The third kappa shape index (κ3) is 4.87. The first-order chi connectivity index (χ1) is 14.4. The summed E-state index contributed by atoms with van der Waals surface area (Å²) in [5.41, 5.74) is 8.56. The van der Waals surface area contributed by atoms with Crippen LogP contribution in [0.3, 0.4) is 0 Å². The van der Waals surface area contributed by atoms with Crippen molar-refractivity contribution < 1.29 is 19.1 Å². The molecular weight excluding hydrogens is 404 g/mol. The minimum atomic E-state index is -0.588. The first-order valence-electron chi connectivity index (χ1n) is 8.85. The molecular formula is C21H20N4O4S. The maximum Gasteiger partial charge on any atom is 0.337 e. The van der Waals surface area contributed by atoms with Crippen LogP contribution in [0.25, 0.3) is 0 Å². The van der Waals surface area contributed by atoms with Gasteiger partial charge >= 0.3 is 11.9 Å². The molecule has 0 atom stereocenters. The summed E-state index contributed by atoms with van der Waals surface area (Å²) >= 11 is 1.41. The van der Waals surface area contributed by atoms with E-state index >= 15 is 0 Å². The molecule has 0 fully saturated rings. The molecule has 2 aromatic carbocycles. The Morgan fingerprint density at radius 1 is 0.967 bits per heavy atom. The highest BCUT2D eigenvalue weighted by Gasteiger charge is 2.16. The number of nitrogen functional groups attached to an aromatic ring is 1. The number of nitrogens with one attached hydrogen (secondary N) is 1. The molecule has 1 heterocycles. The van der Waals surface area contributed by atoms with Gasteiger partial charge in [0, 0.05) is 10.6 Å². The molecule has 3 aromatic rings. The highest BCUT2D eigenvalue weighted by molar-refractivity contribution is 7.99. The SMILES string of the molecule is COC(=O)c1cc(Nc2ncnc(Sc3ccc(C)cc3)c2N)cc(C(=O)OC)c1. The van der Waals surface area contributed by atoms with Gasteiger partial charge in [0.25, 0.3) is 0 Å². The molecule has 0 aliphatic carbocycles. The number of methoxy groups -OCH3 is 2. The zero-order valence-electron chi connectivity index (χ0n) is 16.6. The number of aromatic nitrogens is 2. The van der Waals surface area contributed by atoms with Crippen LogP contribution < -0.4 is 11.1 Å². The molecule has 8 nitrogen and oxygen atoms in total. The molecule has 0 spiro atoms. The number of rotatable bonds is 6. The van der Waals surface area contributed by atoms with Crippen LogP contribution in [0.4, 0.5) is 17.2 Å². The van der Waals surface area contributed by atoms with E-state index in [2.05, 4.69) is 15.3 Å². The molecule has 0 saturated carbocycles. The van der Waals surface area contributed by atoms with Crippen molar-refractivity contribution in [2.75, 3.05) is 25.3 Å². The molecule has 30 heavy (non-hydrogen) atoms. The summed E-state index contributed by atoms with van der Waals surface area (Å²) in [5.74, 6) is -0.831. The molecule has 9 heteroatoms. The number of benzene rings is 2. The van der Waals surface area contributed by atoms with Gasteiger partial charge < -0.3 is 20.5 Å². The molecule has 0 aliphatic rings. The van der Waals surface area contributed by atoms with E-state index in [9.17, 15) is 9.59 Å². The highest BCUT2D eigenvalue weighted by atomic mass is 32.2. The van der Waals surface area contributed by atoms with Gasteiger partial charge in [0.15, 0.2) is 5.82 Å². The molecule has 3 N–H and O–H groups in total. The van der Waals surface area contributed by atoms with Crippen LogP contribution >= 0.6 is 11.8 Å². The maximum absolute atomic E-state index is 12.0. The number of carbonyl (C=O) groups is 2. The van der Waals surface area contributed by atoms with Crippen LogP contribution in [0.15, 0.2) is 58.7 Å². The zero-order valence-corrected chi connectivity index (χ0v) is 17.4. The zero-order chi connectivity index (χ0) is 21.7. The Balaban J connectivity index is 1.93. The first-order valence-corrected chi connectivity index (χ1v) is 9.66. The van der Waals surface area contributed by atoms with Gasteiger partial charge in [-0.1, -0.05) is 29.5 Å². The van der Waals surface area contributed by atoms with Gasteiger partial charge in [0.1, 0.15) is 17.0 Å². The quantitative estimate of drug-likeness (QED) is 0.450. The van der Waals surface area contributed by atoms with Crippen LogP contribution in [0.2, 0.25) is 0 Å². The van der Waals surface area contributed by atoms with E-state index in [1.807, 2.05) is 31.2 Å². The van der Waals surface area contributed by atoms with E-state index < -0.39 is 11.9 Å². The van der Waals surface area contributed by atoms with Crippen molar-refractivity contribution >= 4 is 40.9 Å². The van der Waals surface area contributed by atoms with Crippen molar-refractivity contribution in [3.05, 3.63) is 65.5 Å². The number of nitrogens with zero attached hydrogens (tertiary/aromatic N) is 2. The van der Waals surface area contributed by atoms with Gasteiger partial charge in [0.2, 0.25) is 0 Å². The van der Waals surface area contributed by atoms with Crippen LogP contribution in [-0.2, 0) is 9.47 Å². The molecule has 154 valence electrons. The fraction of sp³-hybridized carbons (Fsp3) is 0.143. The predicted octanol–water partition coefficient (Wildman–Crippen LogP) is 3.84. The monoisotopic (exact) mass is 424 g/mol. The number of hydrogen-bond donors (Lipinski definition) is 2. The number of carbonyl (C=O) groups excluding carboxylic acids is 2. The summed E-state index contributed by atoms with van der Waals surface area (Å²) in [6.07, 6.45) is 1.39. The second-order valence-corrected chi connectivity index (χ2v) is 7.33. The first kappa shape index (κ1) is 21.1. The van der Waals surface area contributed by atoms with Gasteiger partial charge in [-0.05, 0) is 37.3 Å². The minimum Gasteiger partial charge on any atom is -0.465 e. The Kier molecular flexibility index (Phi) is 6.53. The summed E-state index contributed by atoms with van der Waals surface area (Å²) in [6, 6.07) is 12.4. The third-order valence-electron chi connectivity index (χ3n) is 4.12. The largest absolute Gasteiger partial charge is 0.465 e. The van der Waals surface area contributed by atoms with E-state index in [1.54, 1.807) is 0 Å². The lowest BCUT2D eigenvalue weighted by Gasteiger charge is -2.13. The van der Waals surface area contributed by atoms with E-state index in [-0.39, 0.29) is 11.1 Å². The van der Waals surface area contributed by atoms with Gasteiger partial charge in [-0.3, -0.25) is 0 Å². The normalized spacial score (nSPS) is 10.4. The molecule has 1 aromatic heterocycles. The van der Waals surface area contributed by atoms with E-state index in [4.69, 9.17) is 15.2 Å². The Morgan fingerprint density at radius 3 is 2.13 bits per heavy atom. The maximum atomic E-state index is 12.0. The van der Waals surface area contributed by atoms with Crippen molar-refractivity contribution in [1.82, 2.24) is 9.97 Å².